The number of hydrogen-bond donors (Lipinski definition) is 0. The maximum atomic E-state index is 5.99. The van der Waals surface area contributed by atoms with Crippen LogP contribution >= 0.6 is 0 Å². The Morgan fingerprint density at radius 2 is 0.969 bits per heavy atom. The van der Waals surface area contributed by atoms with Crippen molar-refractivity contribution in [1.82, 2.24) is 0 Å². The van der Waals surface area contributed by atoms with E-state index in [-0.39, 0.29) is 5.41 Å². The first-order valence-corrected chi connectivity index (χ1v) is 11.0. The minimum Gasteiger partial charge on any atom is -0.0966 e. The fourth-order valence-corrected chi connectivity index (χ4v) is 5.40. The zero-order valence-corrected chi connectivity index (χ0v) is 17.7. The highest BCUT2D eigenvalue weighted by Gasteiger charge is 2.46. The molecule has 0 unspecified atom stereocenters. The molecular formula is C31H21B. The van der Waals surface area contributed by atoms with Crippen molar-refractivity contribution in [3.05, 3.63) is 150 Å². The van der Waals surface area contributed by atoms with Gasteiger partial charge in [0.2, 0.25) is 0 Å². The van der Waals surface area contributed by atoms with Crippen molar-refractivity contribution in [2.45, 2.75) is 5.41 Å². The molecule has 0 aliphatic heterocycles. The zero-order valence-electron chi connectivity index (χ0n) is 17.7. The second-order valence-electron chi connectivity index (χ2n) is 8.38. The lowest BCUT2D eigenvalue weighted by molar-refractivity contribution is 0.768. The summed E-state index contributed by atoms with van der Waals surface area (Å²) in [7, 11) is 5.99. The molecule has 0 aromatic heterocycles. The van der Waals surface area contributed by atoms with Crippen molar-refractivity contribution in [3.8, 4) is 22.3 Å². The Bertz CT molecular complexity index is 1360. The molecule has 0 atom stereocenters. The lowest BCUT2D eigenvalue weighted by Gasteiger charge is -2.34. The van der Waals surface area contributed by atoms with Crippen LogP contribution in [0.4, 0.5) is 0 Å². The summed E-state index contributed by atoms with van der Waals surface area (Å²) in [4.78, 5) is 0. The Morgan fingerprint density at radius 3 is 1.62 bits per heavy atom. The molecule has 2 radical (unpaired) electrons. The van der Waals surface area contributed by atoms with Gasteiger partial charge in [0, 0.05) is 0 Å². The molecule has 1 aliphatic carbocycles. The highest BCUT2D eigenvalue weighted by molar-refractivity contribution is 6.32. The van der Waals surface area contributed by atoms with E-state index in [4.69, 9.17) is 7.85 Å². The van der Waals surface area contributed by atoms with Gasteiger partial charge >= 0.3 is 0 Å². The summed E-state index contributed by atoms with van der Waals surface area (Å²) in [5, 5.41) is 0. The van der Waals surface area contributed by atoms with Crippen molar-refractivity contribution in [1.29, 1.82) is 0 Å². The van der Waals surface area contributed by atoms with E-state index < -0.39 is 0 Å². The van der Waals surface area contributed by atoms with Crippen LogP contribution in [-0.2, 0) is 5.41 Å². The molecule has 0 nitrogen and oxygen atoms in total. The van der Waals surface area contributed by atoms with Crippen molar-refractivity contribution in [3.63, 3.8) is 0 Å². The Hall–Kier alpha value is -3.84. The average Bonchev–Trinajstić information content (AvgIpc) is 3.17. The van der Waals surface area contributed by atoms with Crippen molar-refractivity contribution >= 4 is 13.3 Å². The molecule has 0 N–H and O–H groups in total. The van der Waals surface area contributed by atoms with Crippen LogP contribution in [0.3, 0.4) is 0 Å². The first-order chi connectivity index (χ1) is 15.8. The molecule has 0 bridgehead atoms. The average molecular weight is 404 g/mol. The molecule has 5 aromatic rings. The summed E-state index contributed by atoms with van der Waals surface area (Å²) in [5.74, 6) is 0. The summed E-state index contributed by atoms with van der Waals surface area (Å²) in [6, 6.07) is 45.6. The van der Waals surface area contributed by atoms with E-state index in [1.807, 2.05) is 12.1 Å². The van der Waals surface area contributed by atoms with Crippen LogP contribution in [-0.4, -0.2) is 7.85 Å². The van der Waals surface area contributed by atoms with Gasteiger partial charge in [-0.2, -0.15) is 0 Å². The van der Waals surface area contributed by atoms with Gasteiger partial charge in [-0.25, -0.2) is 0 Å². The molecule has 5 aromatic carbocycles. The third-order valence-electron chi connectivity index (χ3n) is 6.70. The predicted molar refractivity (Wildman–Crippen MR) is 135 cm³/mol. The van der Waals surface area contributed by atoms with Gasteiger partial charge in [0.25, 0.3) is 0 Å². The minimum atomic E-state index is -0.363. The van der Waals surface area contributed by atoms with Crippen LogP contribution < -0.4 is 5.46 Å². The van der Waals surface area contributed by atoms with Gasteiger partial charge < -0.3 is 0 Å². The summed E-state index contributed by atoms with van der Waals surface area (Å²) >= 11 is 0. The Morgan fingerprint density at radius 1 is 0.438 bits per heavy atom. The van der Waals surface area contributed by atoms with Crippen molar-refractivity contribution in [2.24, 2.45) is 0 Å². The van der Waals surface area contributed by atoms with Crippen LogP contribution in [0, 0.1) is 0 Å². The lowest BCUT2D eigenvalue weighted by atomic mass is 9.67. The fraction of sp³-hybridized carbons (Fsp3) is 0.0323. The number of benzene rings is 5. The Labute approximate surface area is 190 Å². The second kappa shape index (κ2) is 7.39. The number of rotatable bonds is 3. The van der Waals surface area contributed by atoms with Gasteiger partial charge in [0.15, 0.2) is 0 Å². The summed E-state index contributed by atoms with van der Waals surface area (Å²) in [6.45, 7) is 0. The normalized spacial score (nSPS) is 13.4. The molecule has 0 amide bonds. The fourth-order valence-electron chi connectivity index (χ4n) is 5.40. The van der Waals surface area contributed by atoms with Crippen molar-refractivity contribution < 1.29 is 0 Å². The maximum Gasteiger partial charge on any atom is 0.113 e. The van der Waals surface area contributed by atoms with E-state index in [1.165, 1.54) is 44.5 Å². The molecule has 148 valence electrons. The van der Waals surface area contributed by atoms with Gasteiger partial charge in [-0.1, -0.05) is 133 Å². The molecule has 0 spiro atoms. The monoisotopic (exact) mass is 404 g/mol. The van der Waals surface area contributed by atoms with E-state index in [9.17, 15) is 0 Å². The largest absolute Gasteiger partial charge is 0.113 e. The topological polar surface area (TPSA) is 0 Å². The SMILES string of the molecule is [B]c1ccc(-c2cccc3c2-c2ccccc2C3(c2ccccc2)c2ccccc2)cc1. The van der Waals surface area contributed by atoms with Gasteiger partial charge in [0.05, 0.1) is 5.41 Å². The molecule has 1 heteroatoms. The molecule has 0 saturated carbocycles. The van der Waals surface area contributed by atoms with E-state index in [0.717, 1.165) is 5.46 Å². The molecule has 0 heterocycles. The highest BCUT2D eigenvalue weighted by atomic mass is 14.5. The second-order valence-corrected chi connectivity index (χ2v) is 8.38. The van der Waals surface area contributed by atoms with Gasteiger partial charge in [0.1, 0.15) is 7.85 Å². The predicted octanol–water partition coefficient (Wildman–Crippen LogP) is 6.51. The van der Waals surface area contributed by atoms with E-state index in [0.29, 0.717) is 0 Å². The Kier molecular flexibility index (Phi) is 4.36. The van der Waals surface area contributed by atoms with E-state index >= 15 is 0 Å². The summed E-state index contributed by atoms with van der Waals surface area (Å²) in [5.41, 5.74) is 10.7. The van der Waals surface area contributed by atoms with Crippen LogP contribution in [0.1, 0.15) is 22.3 Å². The number of fused-ring (bicyclic) bond motifs is 3. The van der Waals surface area contributed by atoms with Crippen molar-refractivity contribution in [2.75, 3.05) is 0 Å². The third kappa shape index (κ3) is 2.64. The van der Waals surface area contributed by atoms with Gasteiger partial charge in [-0.15, -0.1) is 0 Å². The molecular weight excluding hydrogens is 383 g/mol. The highest BCUT2D eigenvalue weighted by Crippen LogP contribution is 2.57. The lowest BCUT2D eigenvalue weighted by Crippen LogP contribution is -2.28. The summed E-state index contributed by atoms with van der Waals surface area (Å²) in [6.07, 6.45) is 0. The third-order valence-corrected chi connectivity index (χ3v) is 6.70. The maximum absolute atomic E-state index is 5.99. The van der Waals surface area contributed by atoms with E-state index in [1.54, 1.807) is 0 Å². The number of hydrogen-bond acceptors (Lipinski definition) is 0. The Balaban J connectivity index is 1.77. The van der Waals surface area contributed by atoms with Crippen LogP contribution in [0.2, 0.25) is 0 Å². The first kappa shape index (κ1) is 18.9. The van der Waals surface area contributed by atoms with Gasteiger partial charge in [-0.3, -0.25) is 0 Å². The first-order valence-electron chi connectivity index (χ1n) is 11.0. The zero-order chi connectivity index (χ0) is 21.5. The van der Waals surface area contributed by atoms with Crippen LogP contribution in [0.15, 0.2) is 127 Å². The molecule has 0 saturated heterocycles. The standard InChI is InChI=1S/C31H21B/c32-25-20-18-22(19-21-25)26-15-9-17-29-30(26)27-14-7-8-16-28(27)31(29,23-10-3-1-4-11-23)24-12-5-2-6-13-24/h1-21H. The quantitative estimate of drug-likeness (QED) is 0.295. The van der Waals surface area contributed by atoms with E-state index in [2.05, 4.69) is 115 Å². The smallest absolute Gasteiger partial charge is 0.0966 e. The molecule has 0 fully saturated rings. The molecule has 1 aliphatic rings. The minimum absolute atomic E-state index is 0.363. The summed E-state index contributed by atoms with van der Waals surface area (Å²) < 4.78 is 0. The van der Waals surface area contributed by atoms with Crippen LogP contribution in [0.25, 0.3) is 22.3 Å². The molecule has 32 heavy (non-hydrogen) atoms. The van der Waals surface area contributed by atoms with Crippen LogP contribution in [0.5, 0.6) is 0 Å². The molecule has 6 rings (SSSR count). The van der Waals surface area contributed by atoms with Gasteiger partial charge in [-0.05, 0) is 44.5 Å².